The first kappa shape index (κ1) is 11.7. The van der Waals surface area contributed by atoms with Crippen molar-refractivity contribution in [2.75, 3.05) is 6.54 Å². The van der Waals surface area contributed by atoms with Gasteiger partial charge < -0.3 is 9.88 Å². The third-order valence-corrected chi connectivity index (χ3v) is 4.79. The zero-order valence-corrected chi connectivity index (χ0v) is 11.6. The van der Waals surface area contributed by atoms with Crippen LogP contribution < -0.4 is 5.32 Å². The van der Waals surface area contributed by atoms with Gasteiger partial charge in [-0.25, -0.2) is 4.98 Å². The maximum Gasteiger partial charge on any atom is 0.224 e. The van der Waals surface area contributed by atoms with E-state index in [1.54, 1.807) is 0 Å². The molecule has 1 aliphatic heterocycles. The highest BCUT2D eigenvalue weighted by atomic mass is 35.5. The first-order chi connectivity index (χ1) is 9.28. The Balaban J connectivity index is 1.97. The van der Waals surface area contributed by atoms with Gasteiger partial charge in [-0.3, -0.25) is 0 Å². The van der Waals surface area contributed by atoms with Crippen LogP contribution in [0.3, 0.4) is 0 Å². The number of fused-ring (bicyclic) bond motifs is 4. The summed E-state index contributed by atoms with van der Waals surface area (Å²) in [5, 5.41) is 5.03. The number of nitrogens with zero attached hydrogens (tertiary/aromatic N) is 3. The summed E-state index contributed by atoms with van der Waals surface area (Å²) in [6.07, 6.45) is 8.27. The first-order valence-corrected chi connectivity index (χ1v) is 7.40. The SMILES string of the molecule is Clc1ncc2cc3n(c2n1)C1(CCCCC1)CNC3. The smallest absolute Gasteiger partial charge is 0.224 e. The Morgan fingerprint density at radius 2 is 2.11 bits per heavy atom. The number of aromatic nitrogens is 3. The van der Waals surface area contributed by atoms with E-state index >= 15 is 0 Å². The summed E-state index contributed by atoms with van der Waals surface area (Å²) < 4.78 is 2.45. The molecular weight excluding hydrogens is 260 g/mol. The van der Waals surface area contributed by atoms with Crippen molar-refractivity contribution in [3.05, 3.63) is 23.2 Å². The van der Waals surface area contributed by atoms with Gasteiger partial charge in [-0.1, -0.05) is 19.3 Å². The molecule has 0 saturated heterocycles. The Labute approximate surface area is 117 Å². The lowest BCUT2D eigenvalue weighted by Gasteiger charge is -2.43. The summed E-state index contributed by atoms with van der Waals surface area (Å²) in [7, 11) is 0. The second kappa shape index (κ2) is 4.18. The standard InChI is InChI=1S/C14H17ClN4/c15-13-17-7-10-6-11-8-16-9-14(4-2-1-3-5-14)19(11)12(10)18-13/h6-7,16H,1-5,8-9H2. The molecule has 4 rings (SSSR count). The van der Waals surface area contributed by atoms with Crippen LogP contribution in [0.2, 0.25) is 5.28 Å². The van der Waals surface area contributed by atoms with Crippen LogP contribution in [0.25, 0.3) is 11.0 Å². The van der Waals surface area contributed by atoms with Crippen molar-refractivity contribution < 1.29 is 0 Å². The molecule has 1 fully saturated rings. The molecular formula is C14H17ClN4. The molecule has 0 aromatic carbocycles. The fourth-order valence-corrected chi connectivity index (χ4v) is 3.92. The second-order valence-corrected chi connectivity index (χ2v) is 6.12. The summed E-state index contributed by atoms with van der Waals surface area (Å²) >= 11 is 5.99. The summed E-state index contributed by atoms with van der Waals surface area (Å²) in [5.74, 6) is 0. The molecule has 4 nitrogen and oxygen atoms in total. The summed E-state index contributed by atoms with van der Waals surface area (Å²) in [5.41, 5.74) is 2.53. The van der Waals surface area contributed by atoms with Crippen LogP contribution in [-0.4, -0.2) is 21.1 Å². The van der Waals surface area contributed by atoms with Crippen LogP contribution in [0.1, 0.15) is 37.8 Å². The molecule has 2 aliphatic rings. The van der Waals surface area contributed by atoms with Crippen molar-refractivity contribution in [1.82, 2.24) is 19.9 Å². The monoisotopic (exact) mass is 276 g/mol. The molecule has 2 aromatic rings. The van der Waals surface area contributed by atoms with Gasteiger partial charge in [0.25, 0.3) is 0 Å². The van der Waals surface area contributed by atoms with Crippen molar-refractivity contribution >= 4 is 22.6 Å². The molecule has 1 N–H and O–H groups in total. The predicted octanol–water partition coefficient (Wildman–Crippen LogP) is 2.85. The molecule has 0 unspecified atom stereocenters. The summed E-state index contributed by atoms with van der Waals surface area (Å²) in [6.45, 7) is 1.96. The van der Waals surface area contributed by atoms with Gasteiger partial charge in [-0.2, -0.15) is 4.98 Å². The van der Waals surface area contributed by atoms with Crippen molar-refractivity contribution in [2.45, 2.75) is 44.2 Å². The van der Waals surface area contributed by atoms with E-state index in [0.29, 0.717) is 5.28 Å². The highest BCUT2D eigenvalue weighted by Gasteiger charge is 2.38. The quantitative estimate of drug-likeness (QED) is 0.753. The average molecular weight is 277 g/mol. The largest absolute Gasteiger partial charge is 0.321 e. The number of hydrogen-bond acceptors (Lipinski definition) is 3. The number of nitrogens with one attached hydrogen (secondary N) is 1. The third-order valence-electron chi connectivity index (χ3n) is 4.61. The zero-order chi connectivity index (χ0) is 12.9. The fraction of sp³-hybridized carbons (Fsp3) is 0.571. The predicted molar refractivity (Wildman–Crippen MR) is 75.3 cm³/mol. The Kier molecular flexibility index (Phi) is 2.57. The maximum absolute atomic E-state index is 5.99. The van der Waals surface area contributed by atoms with Crippen LogP contribution in [0.4, 0.5) is 0 Å². The van der Waals surface area contributed by atoms with Crippen LogP contribution in [0.15, 0.2) is 12.3 Å². The van der Waals surface area contributed by atoms with E-state index in [-0.39, 0.29) is 5.54 Å². The van der Waals surface area contributed by atoms with Gasteiger partial charge in [0.1, 0.15) is 5.65 Å². The van der Waals surface area contributed by atoms with Crippen LogP contribution in [-0.2, 0) is 12.1 Å². The third kappa shape index (κ3) is 1.70. The summed E-state index contributed by atoms with van der Waals surface area (Å²) in [6, 6.07) is 2.20. The van der Waals surface area contributed by atoms with E-state index in [0.717, 1.165) is 24.1 Å². The average Bonchev–Trinajstić information content (AvgIpc) is 2.79. The molecule has 0 bridgehead atoms. The molecule has 2 aromatic heterocycles. The highest BCUT2D eigenvalue weighted by Crippen LogP contribution is 2.40. The van der Waals surface area contributed by atoms with Gasteiger partial charge in [0.05, 0.1) is 5.54 Å². The van der Waals surface area contributed by atoms with Crippen molar-refractivity contribution in [1.29, 1.82) is 0 Å². The number of halogens is 1. The van der Waals surface area contributed by atoms with E-state index in [1.807, 2.05) is 6.20 Å². The van der Waals surface area contributed by atoms with Crippen LogP contribution in [0.5, 0.6) is 0 Å². The highest BCUT2D eigenvalue weighted by molar-refractivity contribution is 6.28. The lowest BCUT2D eigenvalue weighted by atomic mass is 9.80. The lowest BCUT2D eigenvalue weighted by molar-refractivity contribution is 0.168. The van der Waals surface area contributed by atoms with Crippen LogP contribution >= 0.6 is 11.6 Å². The number of hydrogen-bond donors (Lipinski definition) is 1. The normalized spacial score (nSPS) is 21.7. The molecule has 19 heavy (non-hydrogen) atoms. The van der Waals surface area contributed by atoms with E-state index in [2.05, 4.69) is 25.9 Å². The van der Waals surface area contributed by atoms with E-state index < -0.39 is 0 Å². The van der Waals surface area contributed by atoms with Gasteiger partial charge in [-0.15, -0.1) is 0 Å². The molecule has 0 radical (unpaired) electrons. The van der Waals surface area contributed by atoms with E-state index in [4.69, 9.17) is 11.6 Å². The molecule has 5 heteroatoms. The molecule has 0 atom stereocenters. The van der Waals surface area contributed by atoms with Gasteiger partial charge in [0, 0.05) is 30.4 Å². The molecule has 1 saturated carbocycles. The van der Waals surface area contributed by atoms with Gasteiger partial charge >= 0.3 is 0 Å². The molecule has 1 spiro atoms. The van der Waals surface area contributed by atoms with Gasteiger partial charge in [0.15, 0.2) is 0 Å². The second-order valence-electron chi connectivity index (χ2n) is 5.78. The number of rotatable bonds is 0. The molecule has 1 aliphatic carbocycles. The van der Waals surface area contributed by atoms with Crippen molar-refractivity contribution in [3.63, 3.8) is 0 Å². The summed E-state index contributed by atoms with van der Waals surface area (Å²) in [4.78, 5) is 8.59. The Morgan fingerprint density at radius 3 is 2.95 bits per heavy atom. The van der Waals surface area contributed by atoms with Gasteiger partial charge in [0.2, 0.25) is 5.28 Å². The van der Waals surface area contributed by atoms with Crippen LogP contribution in [0, 0.1) is 0 Å². The molecule has 100 valence electrons. The Bertz CT molecular complexity index is 628. The molecule has 3 heterocycles. The molecule has 0 amide bonds. The zero-order valence-electron chi connectivity index (χ0n) is 10.8. The minimum atomic E-state index is 0.200. The minimum Gasteiger partial charge on any atom is -0.321 e. The van der Waals surface area contributed by atoms with E-state index in [9.17, 15) is 0 Å². The maximum atomic E-state index is 5.99. The topological polar surface area (TPSA) is 42.7 Å². The van der Waals surface area contributed by atoms with E-state index in [1.165, 1.54) is 37.8 Å². The van der Waals surface area contributed by atoms with Crippen molar-refractivity contribution in [3.8, 4) is 0 Å². The Morgan fingerprint density at radius 1 is 1.26 bits per heavy atom. The Hall–Kier alpha value is -1.13. The lowest BCUT2D eigenvalue weighted by Crippen LogP contribution is -2.49. The fourth-order valence-electron chi connectivity index (χ4n) is 3.79. The first-order valence-electron chi connectivity index (χ1n) is 7.03. The van der Waals surface area contributed by atoms with Crippen molar-refractivity contribution in [2.24, 2.45) is 0 Å². The minimum absolute atomic E-state index is 0.200. The van der Waals surface area contributed by atoms with Gasteiger partial charge in [-0.05, 0) is 30.5 Å².